The van der Waals surface area contributed by atoms with Gasteiger partial charge in [0.05, 0.1) is 0 Å². The van der Waals surface area contributed by atoms with Crippen molar-refractivity contribution >= 4 is 6.03 Å². The summed E-state index contributed by atoms with van der Waals surface area (Å²) >= 11 is 0. The Balaban J connectivity index is 1.59. The minimum atomic E-state index is -0.0178. The first-order valence-corrected chi connectivity index (χ1v) is 9.01. The number of carbonyl (C=O) groups excluding carboxylic acids is 1. The van der Waals surface area contributed by atoms with Gasteiger partial charge in [0.15, 0.2) is 0 Å². The van der Waals surface area contributed by atoms with Gasteiger partial charge in [0, 0.05) is 38.1 Å². The first-order chi connectivity index (χ1) is 12.3. The van der Waals surface area contributed by atoms with Crippen LogP contribution in [0.4, 0.5) is 4.79 Å². The van der Waals surface area contributed by atoms with E-state index in [1.807, 2.05) is 12.1 Å². The van der Waals surface area contributed by atoms with Crippen molar-refractivity contribution in [3.05, 3.63) is 71.8 Å². The van der Waals surface area contributed by atoms with Crippen molar-refractivity contribution in [1.29, 1.82) is 0 Å². The van der Waals surface area contributed by atoms with Crippen LogP contribution in [0, 0.1) is 5.92 Å². The zero-order valence-electron chi connectivity index (χ0n) is 14.5. The summed E-state index contributed by atoms with van der Waals surface area (Å²) in [6.07, 6.45) is 1.75. The number of hydrogen-bond donors (Lipinski definition) is 2. The molecule has 1 fully saturated rings. The van der Waals surface area contributed by atoms with Gasteiger partial charge < -0.3 is 15.3 Å². The molecule has 1 atom stereocenters. The Labute approximate surface area is 149 Å². The molecule has 0 bridgehead atoms. The summed E-state index contributed by atoms with van der Waals surface area (Å²) in [4.78, 5) is 14.1. The summed E-state index contributed by atoms with van der Waals surface area (Å²) in [5.41, 5.74) is 2.54. The van der Waals surface area contributed by atoms with Crippen LogP contribution < -0.4 is 5.32 Å². The van der Waals surface area contributed by atoms with E-state index in [0.29, 0.717) is 13.1 Å². The summed E-state index contributed by atoms with van der Waals surface area (Å²) in [6, 6.07) is 20.8. The minimum Gasteiger partial charge on any atom is -0.396 e. The van der Waals surface area contributed by atoms with E-state index < -0.39 is 0 Å². The molecule has 1 unspecified atom stereocenters. The number of urea groups is 1. The van der Waals surface area contributed by atoms with E-state index in [9.17, 15) is 9.90 Å². The summed E-state index contributed by atoms with van der Waals surface area (Å²) < 4.78 is 0. The van der Waals surface area contributed by atoms with E-state index in [4.69, 9.17) is 0 Å². The monoisotopic (exact) mass is 338 g/mol. The predicted molar refractivity (Wildman–Crippen MR) is 99.5 cm³/mol. The van der Waals surface area contributed by atoms with Crippen molar-refractivity contribution in [2.45, 2.75) is 18.8 Å². The maximum absolute atomic E-state index is 12.3. The smallest absolute Gasteiger partial charge is 0.317 e. The van der Waals surface area contributed by atoms with Gasteiger partial charge in [-0.2, -0.15) is 0 Å². The molecule has 2 aromatic carbocycles. The molecule has 2 N–H and O–H groups in total. The van der Waals surface area contributed by atoms with Crippen LogP contribution in [0.1, 0.15) is 29.9 Å². The highest BCUT2D eigenvalue weighted by atomic mass is 16.3. The van der Waals surface area contributed by atoms with Gasteiger partial charge in [0.1, 0.15) is 0 Å². The van der Waals surface area contributed by atoms with Crippen molar-refractivity contribution < 1.29 is 9.90 Å². The second-order valence-corrected chi connectivity index (χ2v) is 6.68. The Morgan fingerprint density at radius 1 is 1.08 bits per heavy atom. The fourth-order valence-electron chi connectivity index (χ4n) is 3.50. The molecular formula is C21H26N2O2. The molecule has 0 saturated carbocycles. The Morgan fingerprint density at radius 3 is 2.20 bits per heavy atom. The fraction of sp³-hybridized carbons (Fsp3) is 0.381. The highest BCUT2D eigenvalue weighted by Gasteiger charge is 2.25. The summed E-state index contributed by atoms with van der Waals surface area (Å²) in [5.74, 6) is 0.499. The largest absolute Gasteiger partial charge is 0.396 e. The van der Waals surface area contributed by atoms with Crippen molar-refractivity contribution in [1.82, 2.24) is 10.2 Å². The molecule has 1 aliphatic heterocycles. The molecule has 0 radical (unpaired) electrons. The number of aliphatic hydroxyl groups excluding tert-OH is 1. The highest BCUT2D eigenvalue weighted by Crippen LogP contribution is 2.27. The molecule has 4 nitrogen and oxygen atoms in total. The molecule has 3 rings (SSSR count). The number of amides is 2. The van der Waals surface area contributed by atoms with Crippen LogP contribution in [0.15, 0.2) is 60.7 Å². The zero-order valence-corrected chi connectivity index (χ0v) is 14.5. The molecule has 1 heterocycles. The van der Waals surface area contributed by atoms with Crippen LogP contribution in [0.5, 0.6) is 0 Å². The molecule has 4 heteroatoms. The lowest BCUT2D eigenvalue weighted by atomic mass is 9.88. The van der Waals surface area contributed by atoms with Gasteiger partial charge in [-0.1, -0.05) is 60.7 Å². The van der Waals surface area contributed by atoms with E-state index in [1.54, 1.807) is 4.90 Å². The third kappa shape index (κ3) is 4.60. The number of aliphatic hydroxyl groups is 1. The minimum absolute atomic E-state index is 0.0178. The number of nitrogens with one attached hydrogen (secondary N) is 1. The Kier molecular flexibility index (Phi) is 6.07. The first-order valence-electron chi connectivity index (χ1n) is 9.01. The number of benzene rings is 2. The second-order valence-electron chi connectivity index (χ2n) is 6.68. The Bertz CT molecular complexity index is 621. The third-order valence-corrected chi connectivity index (χ3v) is 4.94. The molecule has 2 aromatic rings. The molecule has 0 spiro atoms. The number of likely N-dealkylation sites (tertiary alicyclic amines) is 1. The molecular weight excluding hydrogens is 312 g/mol. The fourth-order valence-corrected chi connectivity index (χ4v) is 3.50. The topological polar surface area (TPSA) is 52.6 Å². The average molecular weight is 338 g/mol. The lowest BCUT2D eigenvalue weighted by molar-refractivity contribution is 0.198. The third-order valence-electron chi connectivity index (χ3n) is 4.94. The van der Waals surface area contributed by atoms with Crippen LogP contribution in [-0.4, -0.2) is 42.3 Å². The molecule has 0 aliphatic carbocycles. The molecule has 2 amide bonds. The van der Waals surface area contributed by atoms with Gasteiger partial charge in [-0.15, -0.1) is 0 Å². The quantitative estimate of drug-likeness (QED) is 0.850. The van der Waals surface area contributed by atoms with Crippen LogP contribution in [0.3, 0.4) is 0 Å². The van der Waals surface area contributed by atoms with E-state index in [1.165, 1.54) is 11.1 Å². The normalized spacial score (nSPS) is 17.0. The van der Waals surface area contributed by atoms with Gasteiger partial charge >= 0.3 is 6.03 Å². The molecule has 25 heavy (non-hydrogen) atoms. The van der Waals surface area contributed by atoms with E-state index >= 15 is 0 Å². The molecule has 1 aliphatic rings. The maximum atomic E-state index is 12.3. The lowest BCUT2D eigenvalue weighted by Gasteiger charge is -2.21. The van der Waals surface area contributed by atoms with Gasteiger partial charge in [-0.3, -0.25) is 0 Å². The SMILES string of the molecule is O=C(NCCC(c1ccccc1)c1ccccc1)N1CCC(CO)C1. The van der Waals surface area contributed by atoms with Crippen LogP contribution in [-0.2, 0) is 0 Å². The van der Waals surface area contributed by atoms with Crippen molar-refractivity contribution in [3.63, 3.8) is 0 Å². The van der Waals surface area contributed by atoms with Crippen LogP contribution >= 0.6 is 0 Å². The molecule has 132 valence electrons. The van der Waals surface area contributed by atoms with Crippen molar-refractivity contribution in [3.8, 4) is 0 Å². The standard InChI is InChI=1S/C21H26N2O2/c24-16-17-12-14-23(15-17)21(25)22-13-11-20(18-7-3-1-4-8-18)19-9-5-2-6-10-19/h1-10,17,20,24H,11-16H2,(H,22,25). The van der Waals surface area contributed by atoms with E-state index in [2.05, 4.69) is 53.8 Å². The summed E-state index contributed by atoms with van der Waals surface area (Å²) in [6.45, 7) is 2.18. The molecule has 0 aromatic heterocycles. The predicted octanol–water partition coefficient (Wildman–Crippen LogP) is 3.23. The molecule has 1 saturated heterocycles. The number of carbonyl (C=O) groups is 1. The highest BCUT2D eigenvalue weighted by molar-refractivity contribution is 5.74. The number of hydrogen-bond acceptors (Lipinski definition) is 2. The number of rotatable bonds is 6. The van der Waals surface area contributed by atoms with E-state index in [0.717, 1.165) is 19.4 Å². The summed E-state index contributed by atoms with van der Waals surface area (Å²) in [7, 11) is 0. The van der Waals surface area contributed by atoms with Crippen LogP contribution in [0.2, 0.25) is 0 Å². The first kappa shape index (κ1) is 17.5. The van der Waals surface area contributed by atoms with E-state index in [-0.39, 0.29) is 24.5 Å². The Hall–Kier alpha value is -2.33. The van der Waals surface area contributed by atoms with Gasteiger partial charge in [0.2, 0.25) is 0 Å². The Morgan fingerprint density at radius 2 is 1.68 bits per heavy atom. The van der Waals surface area contributed by atoms with Crippen LogP contribution in [0.25, 0.3) is 0 Å². The number of nitrogens with zero attached hydrogens (tertiary/aromatic N) is 1. The van der Waals surface area contributed by atoms with Gasteiger partial charge in [-0.25, -0.2) is 4.79 Å². The van der Waals surface area contributed by atoms with Gasteiger partial charge in [-0.05, 0) is 24.0 Å². The second kappa shape index (κ2) is 8.67. The zero-order chi connectivity index (χ0) is 17.5. The van der Waals surface area contributed by atoms with Crippen molar-refractivity contribution in [2.24, 2.45) is 5.92 Å². The average Bonchev–Trinajstić information content (AvgIpc) is 3.16. The summed E-state index contributed by atoms with van der Waals surface area (Å²) in [5, 5.41) is 12.3. The maximum Gasteiger partial charge on any atom is 0.317 e. The van der Waals surface area contributed by atoms with Crippen molar-refractivity contribution in [2.75, 3.05) is 26.2 Å². The lowest BCUT2D eigenvalue weighted by Crippen LogP contribution is -2.39. The van der Waals surface area contributed by atoms with Gasteiger partial charge in [0.25, 0.3) is 0 Å².